The van der Waals surface area contributed by atoms with Crippen molar-refractivity contribution in [2.45, 2.75) is 79.3 Å². The summed E-state index contributed by atoms with van der Waals surface area (Å²) in [4.78, 5) is 40.7. The van der Waals surface area contributed by atoms with Crippen LogP contribution in [0.1, 0.15) is 71.9 Å². The van der Waals surface area contributed by atoms with Gasteiger partial charge in [-0.05, 0) is 49.1 Å². The van der Waals surface area contributed by atoms with Gasteiger partial charge in [-0.3, -0.25) is 9.59 Å². The molecule has 0 aliphatic heterocycles. The number of ether oxygens (including phenoxy) is 1. The Morgan fingerprint density at radius 1 is 1.21 bits per heavy atom. The average molecular weight is 457 g/mol. The zero-order valence-corrected chi connectivity index (χ0v) is 21.4. The molecule has 33 heavy (non-hydrogen) atoms. The fourth-order valence-electron chi connectivity index (χ4n) is 4.39. The molecule has 3 atom stereocenters. The number of fused-ring (bicyclic) bond motifs is 1. The summed E-state index contributed by atoms with van der Waals surface area (Å²) in [5, 5.41) is 3.07. The number of carbonyl (C=O) groups excluding carboxylic acids is 3. The van der Waals surface area contributed by atoms with E-state index in [9.17, 15) is 14.4 Å². The summed E-state index contributed by atoms with van der Waals surface area (Å²) in [6.45, 7) is 13.6. The van der Waals surface area contributed by atoms with Crippen molar-refractivity contribution in [1.82, 2.24) is 10.2 Å². The summed E-state index contributed by atoms with van der Waals surface area (Å²) in [6.07, 6.45) is 3.41. The van der Waals surface area contributed by atoms with Crippen molar-refractivity contribution < 1.29 is 19.1 Å². The quantitative estimate of drug-likeness (QED) is 0.469. The van der Waals surface area contributed by atoms with Crippen LogP contribution in [0, 0.1) is 11.3 Å². The predicted octanol–water partition coefficient (Wildman–Crippen LogP) is 4.24. The van der Waals surface area contributed by atoms with E-state index in [2.05, 4.69) is 11.4 Å². The van der Waals surface area contributed by atoms with E-state index in [1.807, 2.05) is 52.8 Å². The summed E-state index contributed by atoms with van der Waals surface area (Å²) < 4.78 is 5.10. The molecule has 6 heteroatoms. The first kappa shape index (κ1) is 26.6. The van der Waals surface area contributed by atoms with Crippen molar-refractivity contribution in [3.63, 3.8) is 0 Å². The summed E-state index contributed by atoms with van der Waals surface area (Å²) in [5.41, 5.74) is 2.24. The number of hydrogen-bond acceptors (Lipinski definition) is 4. The van der Waals surface area contributed by atoms with Crippen LogP contribution in [0.25, 0.3) is 0 Å². The van der Waals surface area contributed by atoms with Crippen molar-refractivity contribution >= 4 is 17.8 Å². The first-order valence-electron chi connectivity index (χ1n) is 11.9. The highest BCUT2D eigenvalue weighted by Gasteiger charge is 2.39. The van der Waals surface area contributed by atoms with Gasteiger partial charge in [0.2, 0.25) is 11.8 Å². The molecule has 0 heterocycles. The monoisotopic (exact) mass is 456 g/mol. The van der Waals surface area contributed by atoms with Gasteiger partial charge >= 0.3 is 5.97 Å². The van der Waals surface area contributed by atoms with Gasteiger partial charge in [-0.1, -0.05) is 65.0 Å². The summed E-state index contributed by atoms with van der Waals surface area (Å²) >= 11 is 0. The first-order chi connectivity index (χ1) is 15.4. The Labute approximate surface area is 198 Å². The second-order valence-corrected chi connectivity index (χ2v) is 10.4. The van der Waals surface area contributed by atoms with Gasteiger partial charge in [-0.15, -0.1) is 0 Å². The number of likely N-dealkylation sites (N-methyl/N-ethyl adjacent to an activating group) is 1. The highest BCUT2D eigenvalue weighted by atomic mass is 16.5. The zero-order chi connectivity index (χ0) is 24.9. The second kappa shape index (κ2) is 11.0. The van der Waals surface area contributed by atoms with Crippen LogP contribution in [-0.4, -0.2) is 48.4 Å². The van der Waals surface area contributed by atoms with Gasteiger partial charge in [-0.2, -0.15) is 0 Å². The molecule has 0 bridgehead atoms. The standard InChI is InChI=1S/C27H40N2O4/c1-9-33-26(32)18(4)16-22(17(2)3)29(8)25(31)23(27(5,6)7)28-24(30)21-15-14-19-12-10-11-13-20(19)21/h10-13,16-17,21-23H,9,14-15H2,1-8H3,(H,28,30)/b18-16+/t21?,22-,23-/m1/s1. The molecular weight excluding hydrogens is 416 g/mol. The predicted molar refractivity (Wildman–Crippen MR) is 131 cm³/mol. The number of aryl methyl sites for hydroxylation is 1. The van der Waals surface area contributed by atoms with E-state index in [1.54, 1.807) is 31.9 Å². The Morgan fingerprint density at radius 2 is 1.85 bits per heavy atom. The van der Waals surface area contributed by atoms with Crippen molar-refractivity contribution in [2.75, 3.05) is 13.7 Å². The molecule has 1 aromatic carbocycles. The molecule has 2 amide bonds. The summed E-state index contributed by atoms with van der Waals surface area (Å²) in [5.74, 6) is -0.836. The lowest BCUT2D eigenvalue weighted by Crippen LogP contribution is -2.57. The number of benzene rings is 1. The number of hydrogen-bond donors (Lipinski definition) is 1. The topological polar surface area (TPSA) is 75.7 Å². The Bertz CT molecular complexity index is 898. The minimum Gasteiger partial charge on any atom is -0.463 e. The maximum Gasteiger partial charge on any atom is 0.333 e. The summed E-state index contributed by atoms with van der Waals surface area (Å²) in [6, 6.07) is 7.01. The van der Waals surface area contributed by atoms with Crippen LogP contribution in [-0.2, 0) is 25.5 Å². The van der Waals surface area contributed by atoms with Crippen LogP contribution in [0.4, 0.5) is 0 Å². The number of amides is 2. The molecule has 6 nitrogen and oxygen atoms in total. The highest BCUT2D eigenvalue weighted by Crippen LogP contribution is 2.34. The molecule has 0 aromatic heterocycles. The van der Waals surface area contributed by atoms with Gasteiger partial charge in [0.1, 0.15) is 6.04 Å². The minimum atomic E-state index is -0.694. The molecule has 0 radical (unpaired) electrons. The molecular formula is C27H40N2O4. The van der Waals surface area contributed by atoms with Crippen molar-refractivity contribution in [1.29, 1.82) is 0 Å². The molecule has 1 aromatic rings. The number of carbonyl (C=O) groups is 3. The van der Waals surface area contributed by atoms with E-state index in [-0.39, 0.29) is 35.7 Å². The van der Waals surface area contributed by atoms with Gasteiger partial charge < -0.3 is 15.0 Å². The van der Waals surface area contributed by atoms with Crippen LogP contribution in [0.2, 0.25) is 0 Å². The number of nitrogens with zero attached hydrogens (tertiary/aromatic N) is 1. The third-order valence-electron chi connectivity index (χ3n) is 6.34. The van der Waals surface area contributed by atoms with Crippen LogP contribution in [0.5, 0.6) is 0 Å². The van der Waals surface area contributed by atoms with Crippen LogP contribution < -0.4 is 5.32 Å². The first-order valence-corrected chi connectivity index (χ1v) is 11.9. The van der Waals surface area contributed by atoms with Crippen molar-refractivity contribution in [3.8, 4) is 0 Å². The lowest BCUT2D eigenvalue weighted by molar-refractivity contribution is -0.141. The largest absolute Gasteiger partial charge is 0.463 e. The lowest BCUT2D eigenvalue weighted by atomic mass is 9.84. The number of rotatable bonds is 8. The Morgan fingerprint density at radius 3 is 2.42 bits per heavy atom. The van der Waals surface area contributed by atoms with E-state index in [1.165, 1.54) is 5.56 Å². The third-order valence-corrected chi connectivity index (χ3v) is 6.34. The van der Waals surface area contributed by atoms with Crippen LogP contribution in [0.3, 0.4) is 0 Å². The Hall–Kier alpha value is -2.63. The molecule has 0 saturated carbocycles. The smallest absolute Gasteiger partial charge is 0.333 e. The van der Waals surface area contributed by atoms with Crippen molar-refractivity contribution in [2.24, 2.45) is 11.3 Å². The lowest BCUT2D eigenvalue weighted by Gasteiger charge is -2.38. The SMILES string of the molecule is CCOC(=O)/C(C)=C/[C@H](C(C)C)N(C)C(=O)[C@@H](NC(=O)C1CCc2ccccc21)C(C)(C)C. The molecule has 0 fully saturated rings. The maximum atomic E-state index is 13.7. The molecule has 182 valence electrons. The second-order valence-electron chi connectivity index (χ2n) is 10.4. The van der Waals surface area contributed by atoms with E-state index < -0.39 is 11.5 Å². The summed E-state index contributed by atoms with van der Waals surface area (Å²) in [7, 11) is 1.73. The minimum absolute atomic E-state index is 0.0707. The molecule has 2 rings (SSSR count). The highest BCUT2D eigenvalue weighted by molar-refractivity contribution is 5.92. The van der Waals surface area contributed by atoms with Gasteiger partial charge in [0.25, 0.3) is 0 Å². The van der Waals surface area contributed by atoms with E-state index in [0.29, 0.717) is 12.2 Å². The van der Waals surface area contributed by atoms with E-state index >= 15 is 0 Å². The molecule has 0 spiro atoms. The third kappa shape index (κ3) is 6.46. The Kier molecular flexibility index (Phi) is 8.87. The molecule has 1 aliphatic carbocycles. The van der Waals surface area contributed by atoms with Gasteiger partial charge in [0.05, 0.1) is 18.6 Å². The van der Waals surface area contributed by atoms with Crippen molar-refractivity contribution in [3.05, 3.63) is 47.0 Å². The van der Waals surface area contributed by atoms with Crippen LogP contribution in [0.15, 0.2) is 35.9 Å². The molecule has 1 N–H and O–H groups in total. The van der Waals surface area contributed by atoms with E-state index in [0.717, 1.165) is 18.4 Å². The molecule has 1 unspecified atom stereocenters. The molecule has 0 saturated heterocycles. The van der Waals surface area contributed by atoms with Crippen LogP contribution >= 0.6 is 0 Å². The van der Waals surface area contributed by atoms with Gasteiger partial charge in [-0.25, -0.2) is 4.79 Å². The Balaban J connectivity index is 2.26. The van der Waals surface area contributed by atoms with E-state index in [4.69, 9.17) is 4.74 Å². The molecule has 1 aliphatic rings. The maximum absolute atomic E-state index is 13.7. The van der Waals surface area contributed by atoms with Gasteiger partial charge in [0.15, 0.2) is 0 Å². The zero-order valence-electron chi connectivity index (χ0n) is 21.4. The van der Waals surface area contributed by atoms with Gasteiger partial charge in [0, 0.05) is 12.6 Å². The number of esters is 1. The number of nitrogens with one attached hydrogen (secondary N) is 1. The fourth-order valence-corrected chi connectivity index (χ4v) is 4.39. The average Bonchev–Trinajstić information content (AvgIpc) is 3.18. The fraction of sp³-hybridized carbons (Fsp3) is 0.593. The normalized spacial score (nSPS) is 17.8.